The molecule has 1 aromatic rings. The molecule has 0 heterocycles. The summed E-state index contributed by atoms with van der Waals surface area (Å²) in [6, 6.07) is 4.70. The second-order valence-corrected chi connectivity index (χ2v) is 2.70. The zero-order valence-electron chi connectivity index (χ0n) is 7.84. The van der Waals surface area contributed by atoms with Crippen LogP contribution >= 0.6 is 0 Å². The fraction of sp³-hybridized carbons (Fsp3) is 0.400. The summed E-state index contributed by atoms with van der Waals surface area (Å²) in [6.45, 7) is 0.518. The van der Waals surface area contributed by atoms with E-state index in [1.165, 1.54) is 6.07 Å². The summed E-state index contributed by atoms with van der Waals surface area (Å²) in [7, 11) is 3.16. The van der Waals surface area contributed by atoms with Gasteiger partial charge in [-0.05, 0) is 30.2 Å². The average Bonchev–Trinajstić information content (AvgIpc) is 2.17. The van der Waals surface area contributed by atoms with Gasteiger partial charge >= 0.3 is 0 Å². The maximum absolute atomic E-state index is 13.1. The van der Waals surface area contributed by atoms with Crippen LogP contribution in [0.5, 0.6) is 5.75 Å². The number of hydrogen-bond donors (Lipinski definition) is 0. The quantitative estimate of drug-likeness (QED) is 0.712. The molecule has 0 aliphatic heterocycles. The molecule has 0 bridgehead atoms. The summed E-state index contributed by atoms with van der Waals surface area (Å²) < 4.78 is 23.0. The molecule has 0 spiro atoms. The minimum absolute atomic E-state index is 0.210. The van der Waals surface area contributed by atoms with Crippen molar-refractivity contribution < 1.29 is 13.9 Å². The molecule has 13 heavy (non-hydrogen) atoms. The topological polar surface area (TPSA) is 18.5 Å². The van der Waals surface area contributed by atoms with E-state index in [1.807, 2.05) is 0 Å². The van der Waals surface area contributed by atoms with Gasteiger partial charge in [0.1, 0.15) is 11.6 Å². The highest BCUT2D eigenvalue weighted by Gasteiger charge is 2.03. The Labute approximate surface area is 77.3 Å². The van der Waals surface area contributed by atoms with E-state index in [0.717, 1.165) is 0 Å². The summed E-state index contributed by atoms with van der Waals surface area (Å²) in [4.78, 5) is 0. The number of ether oxygens (including phenoxy) is 2. The Morgan fingerprint density at radius 2 is 2.08 bits per heavy atom. The first-order chi connectivity index (χ1) is 6.27. The summed E-state index contributed by atoms with van der Waals surface area (Å²) in [5.41, 5.74) is 0.626. The fourth-order valence-electron chi connectivity index (χ4n) is 1.08. The highest BCUT2D eigenvalue weighted by molar-refractivity contribution is 5.29. The lowest BCUT2D eigenvalue weighted by atomic mass is 10.1. The maximum Gasteiger partial charge on any atom is 0.126 e. The van der Waals surface area contributed by atoms with Crippen molar-refractivity contribution in [3.05, 3.63) is 29.6 Å². The molecule has 0 aliphatic carbocycles. The maximum atomic E-state index is 13.1. The van der Waals surface area contributed by atoms with Crippen LogP contribution in [0.2, 0.25) is 0 Å². The van der Waals surface area contributed by atoms with Crippen LogP contribution in [0, 0.1) is 5.82 Å². The van der Waals surface area contributed by atoms with Gasteiger partial charge in [-0.3, -0.25) is 0 Å². The van der Waals surface area contributed by atoms with Crippen molar-refractivity contribution in [1.29, 1.82) is 0 Å². The highest BCUT2D eigenvalue weighted by Crippen LogP contribution is 2.16. The molecule has 0 saturated carbocycles. The summed E-state index contributed by atoms with van der Waals surface area (Å²) in [5.74, 6) is 0.463. The van der Waals surface area contributed by atoms with E-state index in [-0.39, 0.29) is 5.82 Å². The first-order valence-corrected chi connectivity index (χ1v) is 4.09. The molecule has 0 fully saturated rings. The highest BCUT2D eigenvalue weighted by atomic mass is 19.1. The largest absolute Gasteiger partial charge is 0.497 e. The number of benzene rings is 1. The van der Waals surface area contributed by atoms with Crippen LogP contribution in [-0.4, -0.2) is 20.8 Å². The molecule has 0 aliphatic rings. The number of rotatable bonds is 4. The Morgan fingerprint density at radius 1 is 1.31 bits per heavy atom. The third-order valence-corrected chi connectivity index (χ3v) is 1.83. The fourth-order valence-corrected chi connectivity index (χ4v) is 1.08. The van der Waals surface area contributed by atoms with E-state index in [4.69, 9.17) is 9.47 Å². The van der Waals surface area contributed by atoms with Gasteiger partial charge in [-0.2, -0.15) is 0 Å². The molecule has 0 radical (unpaired) electrons. The van der Waals surface area contributed by atoms with Gasteiger partial charge in [0.15, 0.2) is 0 Å². The van der Waals surface area contributed by atoms with Crippen molar-refractivity contribution in [3.8, 4) is 5.75 Å². The van der Waals surface area contributed by atoms with E-state index in [9.17, 15) is 4.39 Å². The van der Waals surface area contributed by atoms with Crippen molar-refractivity contribution in [3.63, 3.8) is 0 Å². The average molecular weight is 184 g/mol. The zero-order valence-corrected chi connectivity index (χ0v) is 7.84. The monoisotopic (exact) mass is 184 g/mol. The zero-order chi connectivity index (χ0) is 9.68. The van der Waals surface area contributed by atoms with Crippen molar-refractivity contribution in [2.24, 2.45) is 0 Å². The van der Waals surface area contributed by atoms with Crippen molar-refractivity contribution >= 4 is 0 Å². The molecule has 3 heteroatoms. The third kappa shape index (κ3) is 2.70. The number of methoxy groups -OCH3 is 2. The summed E-state index contributed by atoms with van der Waals surface area (Å²) in [5, 5.41) is 0. The standard InChI is InChI=1S/C10H13FO2/c1-12-6-5-8-7-9(13-2)3-4-10(8)11/h3-4,7H,5-6H2,1-2H3. The van der Waals surface area contributed by atoms with Crippen LogP contribution in [0.25, 0.3) is 0 Å². The Kier molecular flexibility index (Phi) is 3.71. The van der Waals surface area contributed by atoms with Gasteiger partial charge in [-0.1, -0.05) is 0 Å². The van der Waals surface area contributed by atoms with Gasteiger partial charge in [0.25, 0.3) is 0 Å². The first kappa shape index (κ1) is 9.99. The van der Waals surface area contributed by atoms with Gasteiger partial charge in [0.05, 0.1) is 13.7 Å². The van der Waals surface area contributed by atoms with E-state index in [1.54, 1.807) is 26.4 Å². The van der Waals surface area contributed by atoms with Gasteiger partial charge in [0, 0.05) is 7.11 Å². The Bertz CT molecular complexity index is 274. The third-order valence-electron chi connectivity index (χ3n) is 1.83. The molecule has 0 saturated heterocycles. The normalized spacial score (nSPS) is 10.1. The lowest BCUT2D eigenvalue weighted by Gasteiger charge is -2.05. The summed E-state index contributed by atoms with van der Waals surface area (Å²) >= 11 is 0. The molecule has 1 aromatic carbocycles. The van der Waals surface area contributed by atoms with E-state index in [0.29, 0.717) is 24.3 Å². The van der Waals surface area contributed by atoms with Crippen LogP contribution in [0.15, 0.2) is 18.2 Å². The van der Waals surface area contributed by atoms with Crippen LogP contribution in [0.4, 0.5) is 4.39 Å². The van der Waals surface area contributed by atoms with E-state index in [2.05, 4.69) is 0 Å². The van der Waals surface area contributed by atoms with Crippen LogP contribution in [-0.2, 0) is 11.2 Å². The van der Waals surface area contributed by atoms with Gasteiger partial charge in [0.2, 0.25) is 0 Å². The molecule has 0 aromatic heterocycles. The molecular formula is C10H13FO2. The van der Waals surface area contributed by atoms with E-state index >= 15 is 0 Å². The molecule has 1 rings (SSSR count). The van der Waals surface area contributed by atoms with Gasteiger partial charge < -0.3 is 9.47 Å². The van der Waals surface area contributed by atoms with Gasteiger partial charge in [-0.25, -0.2) is 4.39 Å². The predicted octanol–water partition coefficient (Wildman–Crippen LogP) is 2.02. The SMILES string of the molecule is COCCc1cc(OC)ccc1F. The van der Waals surface area contributed by atoms with Gasteiger partial charge in [-0.15, -0.1) is 0 Å². The van der Waals surface area contributed by atoms with Crippen LogP contribution in [0.3, 0.4) is 0 Å². The minimum Gasteiger partial charge on any atom is -0.497 e. The number of hydrogen-bond acceptors (Lipinski definition) is 2. The number of halogens is 1. The second-order valence-electron chi connectivity index (χ2n) is 2.70. The first-order valence-electron chi connectivity index (χ1n) is 4.09. The molecule has 0 amide bonds. The van der Waals surface area contributed by atoms with Crippen molar-refractivity contribution in [2.75, 3.05) is 20.8 Å². The van der Waals surface area contributed by atoms with Crippen LogP contribution in [0.1, 0.15) is 5.56 Å². The molecule has 0 unspecified atom stereocenters. The van der Waals surface area contributed by atoms with Crippen LogP contribution < -0.4 is 4.74 Å². The summed E-state index contributed by atoms with van der Waals surface area (Å²) in [6.07, 6.45) is 0.569. The Hall–Kier alpha value is -1.09. The minimum atomic E-state index is -0.210. The molecular weight excluding hydrogens is 171 g/mol. The smallest absolute Gasteiger partial charge is 0.126 e. The lowest BCUT2D eigenvalue weighted by Crippen LogP contribution is -1.98. The van der Waals surface area contributed by atoms with E-state index < -0.39 is 0 Å². The molecule has 0 N–H and O–H groups in total. The predicted molar refractivity (Wildman–Crippen MR) is 48.5 cm³/mol. The van der Waals surface area contributed by atoms with Crippen molar-refractivity contribution in [2.45, 2.75) is 6.42 Å². The molecule has 2 nitrogen and oxygen atoms in total. The molecule has 0 atom stereocenters. The Morgan fingerprint density at radius 3 is 2.69 bits per heavy atom. The van der Waals surface area contributed by atoms with Crippen molar-refractivity contribution in [1.82, 2.24) is 0 Å². The molecule has 72 valence electrons. The Balaban J connectivity index is 2.78. The second kappa shape index (κ2) is 4.82. The lowest BCUT2D eigenvalue weighted by molar-refractivity contribution is 0.201.